The van der Waals surface area contributed by atoms with Crippen LogP contribution in [0.2, 0.25) is 0 Å². The molecular weight excluding hydrogens is 434 g/mol. The van der Waals surface area contributed by atoms with Crippen molar-refractivity contribution >= 4 is 6.29 Å². The maximum atomic E-state index is 10.9. The molecule has 1 N–H and O–H groups in total. The minimum atomic E-state index is 0.240. The Morgan fingerprint density at radius 2 is 1.80 bits per heavy atom. The Kier molecular flexibility index (Phi) is 5.78. The van der Waals surface area contributed by atoms with Crippen molar-refractivity contribution in [2.45, 2.75) is 51.1 Å². The molecule has 35 heavy (non-hydrogen) atoms. The molecule has 176 valence electrons. The van der Waals surface area contributed by atoms with Gasteiger partial charge >= 0.3 is 0 Å². The van der Waals surface area contributed by atoms with Gasteiger partial charge in [0.1, 0.15) is 6.29 Å². The molecule has 0 amide bonds. The first-order valence-corrected chi connectivity index (χ1v) is 12.5. The van der Waals surface area contributed by atoms with Gasteiger partial charge in [-0.15, -0.1) is 0 Å². The Morgan fingerprint density at radius 1 is 0.971 bits per heavy atom. The minimum Gasteiger partial charge on any atom is -0.334 e. The molecule has 0 radical (unpaired) electrons. The van der Waals surface area contributed by atoms with E-state index in [-0.39, 0.29) is 5.92 Å². The van der Waals surface area contributed by atoms with Crippen molar-refractivity contribution in [3.8, 4) is 34.0 Å². The van der Waals surface area contributed by atoms with E-state index in [1.807, 2.05) is 12.1 Å². The molecule has 1 unspecified atom stereocenters. The fourth-order valence-corrected chi connectivity index (χ4v) is 5.52. The van der Waals surface area contributed by atoms with Gasteiger partial charge in [0.2, 0.25) is 5.82 Å². The van der Waals surface area contributed by atoms with Crippen molar-refractivity contribution in [2.24, 2.45) is 5.92 Å². The van der Waals surface area contributed by atoms with E-state index in [9.17, 15) is 4.79 Å². The van der Waals surface area contributed by atoms with Crippen molar-refractivity contribution < 1.29 is 9.32 Å². The molecule has 1 fully saturated rings. The third-order valence-electron chi connectivity index (χ3n) is 7.50. The summed E-state index contributed by atoms with van der Waals surface area (Å²) in [6, 6.07) is 24.0. The van der Waals surface area contributed by atoms with Gasteiger partial charge in [-0.25, -0.2) is 0 Å². The van der Waals surface area contributed by atoms with Gasteiger partial charge in [0.25, 0.3) is 5.89 Å². The maximum Gasteiger partial charge on any atom is 0.258 e. The largest absolute Gasteiger partial charge is 0.334 e. The van der Waals surface area contributed by atoms with Crippen molar-refractivity contribution in [1.29, 1.82) is 0 Å². The average Bonchev–Trinajstić information content (AvgIpc) is 3.36. The predicted octanol–water partition coefficient (Wildman–Crippen LogP) is 6.32. The molecule has 0 aliphatic heterocycles. The van der Waals surface area contributed by atoms with Crippen LogP contribution >= 0.6 is 0 Å². The highest BCUT2D eigenvalue weighted by atomic mass is 16.5. The number of aromatic nitrogens is 2. The summed E-state index contributed by atoms with van der Waals surface area (Å²) in [5.41, 5.74) is 8.21. The second kappa shape index (κ2) is 9.23. The summed E-state index contributed by atoms with van der Waals surface area (Å²) >= 11 is 0. The smallest absolute Gasteiger partial charge is 0.258 e. The molecule has 6 rings (SSSR count). The number of fused-ring (bicyclic) bond motifs is 1. The molecule has 1 heterocycles. The van der Waals surface area contributed by atoms with E-state index in [0.29, 0.717) is 23.8 Å². The highest BCUT2D eigenvalue weighted by Crippen LogP contribution is 2.36. The van der Waals surface area contributed by atoms with Crippen LogP contribution in [0.15, 0.2) is 71.3 Å². The van der Waals surface area contributed by atoms with Gasteiger partial charge in [-0.2, -0.15) is 4.98 Å². The normalized spacial score (nSPS) is 21.2. The Balaban J connectivity index is 1.21. The monoisotopic (exact) mass is 463 g/mol. The lowest BCUT2D eigenvalue weighted by atomic mass is 9.79. The highest BCUT2D eigenvalue weighted by Gasteiger charge is 2.32. The van der Waals surface area contributed by atoms with E-state index in [2.05, 4.69) is 72.0 Å². The summed E-state index contributed by atoms with van der Waals surface area (Å²) < 4.78 is 5.66. The molecule has 5 heteroatoms. The van der Waals surface area contributed by atoms with Gasteiger partial charge < -0.3 is 14.6 Å². The van der Waals surface area contributed by atoms with Crippen LogP contribution in [0.1, 0.15) is 48.4 Å². The van der Waals surface area contributed by atoms with E-state index >= 15 is 0 Å². The summed E-state index contributed by atoms with van der Waals surface area (Å²) in [4.78, 5) is 15.7. The fraction of sp³-hybridized carbons (Fsp3) is 0.300. The summed E-state index contributed by atoms with van der Waals surface area (Å²) in [5, 5.41) is 8.07. The van der Waals surface area contributed by atoms with Crippen LogP contribution in [0.3, 0.4) is 0 Å². The third-order valence-corrected chi connectivity index (χ3v) is 7.50. The minimum absolute atomic E-state index is 0.240. The lowest BCUT2D eigenvalue weighted by Gasteiger charge is -2.37. The number of hydrogen-bond donors (Lipinski definition) is 1. The number of aldehydes is 1. The number of carbonyl (C=O) groups is 1. The molecule has 0 spiro atoms. The maximum absolute atomic E-state index is 10.9. The van der Waals surface area contributed by atoms with Crippen LogP contribution in [0.25, 0.3) is 34.0 Å². The summed E-state index contributed by atoms with van der Waals surface area (Å²) in [6.45, 7) is 2.11. The van der Waals surface area contributed by atoms with Crippen molar-refractivity contribution in [1.82, 2.24) is 15.5 Å². The van der Waals surface area contributed by atoms with E-state index in [0.717, 1.165) is 49.5 Å². The van der Waals surface area contributed by atoms with Crippen LogP contribution in [0.5, 0.6) is 0 Å². The van der Waals surface area contributed by atoms with E-state index < -0.39 is 0 Å². The molecule has 0 saturated heterocycles. The summed E-state index contributed by atoms with van der Waals surface area (Å²) in [6.07, 6.45) is 6.38. The number of rotatable bonds is 6. The molecule has 1 atom stereocenters. The van der Waals surface area contributed by atoms with Gasteiger partial charge in [-0.1, -0.05) is 53.7 Å². The summed E-state index contributed by atoms with van der Waals surface area (Å²) in [5.74, 6) is 1.40. The Morgan fingerprint density at radius 3 is 2.60 bits per heavy atom. The number of benzene rings is 3. The quantitative estimate of drug-likeness (QED) is 0.339. The Bertz CT molecular complexity index is 1360. The lowest BCUT2D eigenvalue weighted by molar-refractivity contribution is -0.113. The van der Waals surface area contributed by atoms with Crippen LogP contribution in [0, 0.1) is 12.8 Å². The van der Waals surface area contributed by atoms with Gasteiger partial charge in [-0.05, 0) is 85.0 Å². The number of hydrogen-bond acceptors (Lipinski definition) is 5. The molecule has 0 bridgehead atoms. The SMILES string of the molecule is Cc1cc(-c2nc(-c3ccc4c(c3)CCCC4NC3CC(C=O)C3)no2)ccc1-c1ccccc1. The second-order valence-corrected chi connectivity index (χ2v) is 9.91. The lowest BCUT2D eigenvalue weighted by Crippen LogP contribution is -2.44. The van der Waals surface area contributed by atoms with Crippen molar-refractivity contribution in [3.05, 3.63) is 83.4 Å². The zero-order chi connectivity index (χ0) is 23.8. The van der Waals surface area contributed by atoms with Crippen LogP contribution in [-0.4, -0.2) is 22.5 Å². The average molecular weight is 464 g/mol. The Hall–Kier alpha value is -3.57. The van der Waals surface area contributed by atoms with Crippen molar-refractivity contribution in [2.75, 3.05) is 0 Å². The van der Waals surface area contributed by atoms with Gasteiger partial charge in [0, 0.05) is 29.1 Å². The van der Waals surface area contributed by atoms with E-state index in [1.165, 1.54) is 27.8 Å². The van der Waals surface area contributed by atoms with E-state index in [1.54, 1.807) is 0 Å². The number of nitrogens with one attached hydrogen (secondary N) is 1. The van der Waals surface area contributed by atoms with Crippen LogP contribution in [-0.2, 0) is 11.2 Å². The molecule has 1 aromatic heterocycles. The first-order valence-electron chi connectivity index (χ1n) is 12.5. The fourth-order valence-electron chi connectivity index (χ4n) is 5.52. The molecular formula is C30H29N3O2. The topological polar surface area (TPSA) is 68.0 Å². The first kappa shape index (κ1) is 21.9. The zero-order valence-electron chi connectivity index (χ0n) is 19.9. The molecule has 4 aromatic rings. The number of carbonyl (C=O) groups excluding carboxylic acids is 1. The summed E-state index contributed by atoms with van der Waals surface area (Å²) in [7, 11) is 0. The molecule has 1 saturated carbocycles. The molecule has 2 aliphatic rings. The number of nitrogens with zero attached hydrogens (tertiary/aromatic N) is 2. The molecule has 3 aromatic carbocycles. The predicted molar refractivity (Wildman–Crippen MR) is 137 cm³/mol. The first-order chi connectivity index (χ1) is 17.2. The standard InChI is InChI=1S/C30H29N3O2/c1-19-14-24(11-12-26(19)21-6-3-2-4-7-21)30-32-29(33-35-30)23-10-13-27-22(17-23)8-5-9-28(27)31-25-15-20(16-25)18-34/h2-4,6-7,10-14,17-18,20,25,28,31H,5,8-9,15-16H2,1H3. The van der Waals surface area contributed by atoms with Crippen LogP contribution in [0.4, 0.5) is 0 Å². The number of aryl methyl sites for hydroxylation is 2. The molecule has 2 aliphatic carbocycles. The van der Waals surface area contributed by atoms with Gasteiger partial charge in [0.05, 0.1) is 0 Å². The highest BCUT2D eigenvalue weighted by molar-refractivity contribution is 5.71. The third kappa shape index (κ3) is 4.32. The van der Waals surface area contributed by atoms with Gasteiger partial charge in [0.15, 0.2) is 0 Å². The van der Waals surface area contributed by atoms with Crippen molar-refractivity contribution in [3.63, 3.8) is 0 Å². The Labute approximate surface area is 205 Å². The van der Waals surface area contributed by atoms with Crippen LogP contribution < -0.4 is 5.32 Å². The van der Waals surface area contributed by atoms with Gasteiger partial charge in [-0.3, -0.25) is 0 Å². The zero-order valence-corrected chi connectivity index (χ0v) is 19.9. The molecule has 5 nitrogen and oxygen atoms in total. The van der Waals surface area contributed by atoms with E-state index in [4.69, 9.17) is 9.51 Å². The second-order valence-electron chi connectivity index (χ2n) is 9.91.